The summed E-state index contributed by atoms with van der Waals surface area (Å²) in [6.07, 6.45) is 0. The number of hydrogen-bond acceptors (Lipinski definition) is 3. The van der Waals surface area contributed by atoms with Gasteiger partial charge in [0.05, 0.1) is 0 Å². The maximum atomic E-state index is 11.8. The van der Waals surface area contributed by atoms with Crippen molar-refractivity contribution in [3.05, 3.63) is 29.8 Å². The Morgan fingerprint density at radius 1 is 1.30 bits per heavy atom. The molecule has 0 aliphatic heterocycles. The SMILES string of the molecule is CNCc1cccc(NC(=O)N[C@@H](C(=O)O)C(C)C)c1. The van der Waals surface area contributed by atoms with Gasteiger partial charge in [-0.2, -0.15) is 0 Å². The van der Waals surface area contributed by atoms with Crippen molar-refractivity contribution in [2.45, 2.75) is 26.4 Å². The highest BCUT2D eigenvalue weighted by atomic mass is 16.4. The number of benzene rings is 1. The van der Waals surface area contributed by atoms with Crippen molar-refractivity contribution in [2.75, 3.05) is 12.4 Å². The molecule has 20 heavy (non-hydrogen) atoms. The molecule has 6 nitrogen and oxygen atoms in total. The van der Waals surface area contributed by atoms with E-state index in [2.05, 4.69) is 16.0 Å². The van der Waals surface area contributed by atoms with Crippen molar-refractivity contribution < 1.29 is 14.7 Å². The molecule has 0 unspecified atom stereocenters. The van der Waals surface area contributed by atoms with E-state index in [4.69, 9.17) is 5.11 Å². The van der Waals surface area contributed by atoms with Crippen LogP contribution in [0.1, 0.15) is 19.4 Å². The molecule has 0 heterocycles. The van der Waals surface area contributed by atoms with Gasteiger partial charge in [-0.3, -0.25) is 0 Å². The smallest absolute Gasteiger partial charge is 0.326 e. The molecule has 1 aromatic rings. The second-order valence-electron chi connectivity index (χ2n) is 4.89. The number of rotatable bonds is 6. The summed E-state index contributed by atoms with van der Waals surface area (Å²) in [5, 5.41) is 17.1. The number of carbonyl (C=O) groups excluding carboxylic acids is 1. The topological polar surface area (TPSA) is 90.5 Å². The Kier molecular flexibility index (Phi) is 5.99. The lowest BCUT2D eigenvalue weighted by molar-refractivity contribution is -0.140. The third-order valence-corrected chi connectivity index (χ3v) is 2.79. The van der Waals surface area contributed by atoms with Crippen LogP contribution in [0.3, 0.4) is 0 Å². The molecule has 2 amide bonds. The number of urea groups is 1. The van der Waals surface area contributed by atoms with Crippen LogP contribution < -0.4 is 16.0 Å². The van der Waals surface area contributed by atoms with Gasteiger partial charge in [-0.15, -0.1) is 0 Å². The van der Waals surface area contributed by atoms with Gasteiger partial charge in [0.2, 0.25) is 0 Å². The normalized spacial score (nSPS) is 12.0. The molecule has 0 radical (unpaired) electrons. The van der Waals surface area contributed by atoms with Crippen LogP contribution in [0.15, 0.2) is 24.3 Å². The largest absolute Gasteiger partial charge is 0.480 e. The van der Waals surface area contributed by atoms with E-state index in [9.17, 15) is 9.59 Å². The molecule has 0 fully saturated rings. The predicted molar refractivity (Wildman–Crippen MR) is 77.6 cm³/mol. The lowest BCUT2D eigenvalue weighted by Gasteiger charge is -2.18. The van der Waals surface area contributed by atoms with E-state index in [0.29, 0.717) is 12.2 Å². The first-order valence-electron chi connectivity index (χ1n) is 6.48. The number of anilines is 1. The Hall–Kier alpha value is -2.08. The molecule has 0 bridgehead atoms. The molecule has 0 saturated carbocycles. The summed E-state index contributed by atoms with van der Waals surface area (Å²) in [6.45, 7) is 4.18. The molecule has 0 aliphatic carbocycles. The summed E-state index contributed by atoms with van der Waals surface area (Å²) in [6, 6.07) is 5.93. The predicted octanol–water partition coefficient (Wildman–Crippen LogP) is 1.64. The summed E-state index contributed by atoms with van der Waals surface area (Å²) in [4.78, 5) is 22.8. The molecule has 1 rings (SSSR count). The molecule has 6 heteroatoms. The number of nitrogens with one attached hydrogen (secondary N) is 3. The minimum Gasteiger partial charge on any atom is -0.480 e. The monoisotopic (exact) mass is 279 g/mol. The summed E-state index contributed by atoms with van der Waals surface area (Å²) in [5.41, 5.74) is 1.66. The van der Waals surface area contributed by atoms with Gasteiger partial charge in [0, 0.05) is 12.2 Å². The third kappa shape index (κ3) is 4.89. The van der Waals surface area contributed by atoms with E-state index in [0.717, 1.165) is 5.56 Å². The summed E-state index contributed by atoms with van der Waals surface area (Å²) in [7, 11) is 1.84. The lowest BCUT2D eigenvalue weighted by atomic mass is 10.1. The molecule has 110 valence electrons. The minimum absolute atomic E-state index is 0.186. The van der Waals surface area contributed by atoms with Crippen molar-refractivity contribution in [2.24, 2.45) is 5.92 Å². The lowest BCUT2D eigenvalue weighted by Crippen LogP contribution is -2.46. The van der Waals surface area contributed by atoms with Crippen molar-refractivity contribution in [3.63, 3.8) is 0 Å². The van der Waals surface area contributed by atoms with Crippen LogP contribution in [0.4, 0.5) is 10.5 Å². The van der Waals surface area contributed by atoms with E-state index >= 15 is 0 Å². The summed E-state index contributed by atoms with van der Waals surface area (Å²) < 4.78 is 0. The molecule has 4 N–H and O–H groups in total. The van der Waals surface area contributed by atoms with E-state index in [1.54, 1.807) is 19.9 Å². The number of hydrogen-bond donors (Lipinski definition) is 4. The van der Waals surface area contributed by atoms with Crippen molar-refractivity contribution >= 4 is 17.7 Å². The van der Waals surface area contributed by atoms with Crippen LogP contribution in [0.25, 0.3) is 0 Å². The molecular weight excluding hydrogens is 258 g/mol. The molecule has 1 atom stereocenters. The van der Waals surface area contributed by atoms with Gasteiger partial charge >= 0.3 is 12.0 Å². The first-order chi connectivity index (χ1) is 9.43. The maximum Gasteiger partial charge on any atom is 0.326 e. The van der Waals surface area contributed by atoms with Gasteiger partial charge in [-0.05, 0) is 30.7 Å². The zero-order chi connectivity index (χ0) is 15.1. The number of carboxylic acids is 1. The zero-order valence-corrected chi connectivity index (χ0v) is 11.9. The van der Waals surface area contributed by atoms with Crippen LogP contribution in [0.5, 0.6) is 0 Å². The van der Waals surface area contributed by atoms with Crippen LogP contribution in [-0.2, 0) is 11.3 Å². The van der Waals surface area contributed by atoms with Crippen LogP contribution >= 0.6 is 0 Å². The standard InChI is InChI=1S/C14H21N3O3/c1-9(2)12(13(18)19)17-14(20)16-11-6-4-5-10(7-11)8-15-3/h4-7,9,12,15H,8H2,1-3H3,(H,18,19)(H2,16,17,20)/t12-/m1/s1. The van der Waals surface area contributed by atoms with Crippen LogP contribution in [0, 0.1) is 5.92 Å². The Balaban J connectivity index is 2.66. The number of amides is 2. The fourth-order valence-electron chi connectivity index (χ4n) is 1.79. The van der Waals surface area contributed by atoms with E-state index < -0.39 is 18.0 Å². The fourth-order valence-corrected chi connectivity index (χ4v) is 1.79. The number of carboxylic acid groups (broad SMARTS) is 1. The Morgan fingerprint density at radius 3 is 2.55 bits per heavy atom. The first kappa shape index (κ1) is 16.0. The molecular formula is C14H21N3O3. The number of aliphatic carboxylic acids is 1. The van der Waals surface area contributed by atoms with Gasteiger partial charge in [-0.25, -0.2) is 9.59 Å². The summed E-state index contributed by atoms with van der Waals surface area (Å²) >= 11 is 0. The van der Waals surface area contributed by atoms with E-state index in [1.807, 2.05) is 25.2 Å². The Labute approximate surface area is 118 Å². The summed E-state index contributed by atoms with van der Waals surface area (Å²) in [5.74, 6) is -1.23. The quantitative estimate of drug-likeness (QED) is 0.637. The van der Waals surface area contributed by atoms with Crippen LogP contribution in [-0.4, -0.2) is 30.2 Å². The molecule has 0 spiro atoms. The van der Waals surface area contributed by atoms with E-state index in [-0.39, 0.29) is 5.92 Å². The molecule has 0 saturated heterocycles. The highest BCUT2D eigenvalue weighted by Crippen LogP contribution is 2.11. The second kappa shape index (κ2) is 7.49. The van der Waals surface area contributed by atoms with Gasteiger partial charge in [0.1, 0.15) is 6.04 Å². The van der Waals surface area contributed by atoms with Gasteiger partial charge in [-0.1, -0.05) is 26.0 Å². The van der Waals surface area contributed by atoms with Crippen molar-refractivity contribution in [1.82, 2.24) is 10.6 Å². The van der Waals surface area contributed by atoms with Gasteiger partial charge < -0.3 is 21.1 Å². The van der Waals surface area contributed by atoms with Crippen molar-refractivity contribution in [1.29, 1.82) is 0 Å². The third-order valence-electron chi connectivity index (χ3n) is 2.79. The zero-order valence-electron chi connectivity index (χ0n) is 11.9. The Bertz CT molecular complexity index is 474. The first-order valence-corrected chi connectivity index (χ1v) is 6.48. The van der Waals surface area contributed by atoms with Gasteiger partial charge in [0.25, 0.3) is 0 Å². The average Bonchev–Trinajstić information content (AvgIpc) is 2.36. The van der Waals surface area contributed by atoms with E-state index in [1.165, 1.54) is 0 Å². The second-order valence-corrected chi connectivity index (χ2v) is 4.89. The highest BCUT2D eigenvalue weighted by Gasteiger charge is 2.23. The fraction of sp³-hybridized carbons (Fsp3) is 0.429. The average molecular weight is 279 g/mol. The molecule has 0 aromatic heterocycles. The van der Waals surface area contributed by atoms with Gasteiger partial charge in [0.15, 0.2) is 0 Å². The maximum absolute atomic E-state index is 11.8. The number of carbonyl (C=O) groups is 2. The molecule has 1 aromatic carbocycles. The van der Waals surface area contributed by atoms with Crippen molar-refractivity contribution in [3.8, 4) is 0 Å². The Morgan fingerprint density at radius 2 is 2.00 bits per heavy atom. The highest BCUT2D eigenvalue weighted by molar-refractivity contribution is 5.92. The molecule has 0 aliphatic rings. The minimum atomic E-state index is -1.04. The van der Waals surface area contributed by atoms with Crippen LogP contribution in [0.2, 0.25) is 0 Å².